The normalized spacial score (nSPS) is 20.2. The Morgan fingerprint density at radius 1 is 1.10 bits per heavy atom. The summed E-state index contributed by atoms with van der Waals surface area (Å²) in [5, 5.41) is 0. The van der Waals surface area contributed by atoms with Gasteiger partial charge in [0.05, 0.1) is 13.0 Å². The van der Waals surface area contributed by atoms with Gasteiger partial charge in [-0.1, -0.05) is 0 Å². The van der Waals surface area contributed by atoms with Crippen molar-refractivity contribution in [2.75, 3.05) is 6.61 Å². The Balaban J connectivity index is 3.16. The highest BCUT2D eigenvalue weighted by molar-refractivity contribution is 6.06. The van der Waals surface area contributed by atoms with Crippen LogP contribution in [0.3, 0.4) is 0 Å². The zero-order chi connectivity index (χ0) is 16.6. The van der Waals surface area contributed by atoms with Crippen LogP contribution in [0.25, 0.3) is 0 Å². The van der Waals surface area contributed by atoms with Gasteiger partial charge in [-0.05, 0) is 48.5 Å². The van der Waals surface area contributed by atoms with Gasteiger partial charge < -0.3 is 9.64 Å². The van der Waals surface area contributed by atoms with Gasteiger partial charge in [0, 0.05) is 11.1 Å². The highest BCUT2D eigenvalue weighted by Crippen LogP contribution is 2.33. The predicted molar refractivity (Wildman–Crippen MR) is 78.6 cm³/mol. The van der Waals surface area contributed by atoms with Crippen LogP contribution in [-0.2, 0) is 14.3 Å². The quantitative estimate of drug-likeness (QED) is 0.591. The Kier molecular flexibility index (Phi) is 4.70. The molecule has 120 valence electrons. The van der Waals surface area contributed by atoms with E-state index in [1.165, 1.54) is 9.80 Å². The minimum absolute atomic E-state index is 0.109. The van der Waals surface area contributed by atoms with Crippen molar-refractivity contribution in [3.8, 4) is 0 Å². The largest absolute Gasteiger partial charge is 0.466 e. The van der Waals surface area contributed by atoms with Crippen LogP contribution in [-0.4, -0.2) is 51.4 Å². The van der Waals surface area contributed by atoms with Crippen LogP contribution < -0.4 is 0 Å². The number of nitrogens with zero attached hydrogens (tertiary/aromatic N) is 2. The molecule has 6 nitrogen and oxygen atoms in total. The van der Waals surface area contributed by atoms with Crippen molar-refractivity contribution in [2.24, 2.45) is 0 Å². The molecular weight excluding hydrogens is 272 g/mol. The Labute approximate surface area is 126 Å². The Bertz CT molecular complexity index is 446. The maximum atomic E-state index is 12.6. The van der Waals surface area contributed by atoms with Crippen LogP contribution in [0, 0.1) is 0 Å². The first-order chi connectivity index (χ1) is 9.41. The molecule has 0 radical (unpaired) electrons. The number of rotatable bonds is 3. The maximum Gasteiger partial charge on any atom is 0.328 e. The van der Waals surface area contributed by atoms with Crippen LogP contribution in [0.5, 0.6) is 0 Å². The molecule has 0 aliphatic carbocycles. The third kappa shape index (κ3) is 3.54. The van der Waals surface area contributed by atoms with E-state index in [9.17, 15) is 14.4 Å². The molecule has 1 rings (SSSR count). The molecular formula is C15H26N2O4. The zero-order valence-electron chi connectivity index (χ0n) is 14.0. The zero-order valence-corrected chi connectivity index (χ0v) is 14.0. The first-order valence-electron chi connectivity index (χ1n) is 7.24. The van der Waals surface area contributed by atoms with E-state index >= 15 is 0 Å². The van der Waals surface area contributed by atoms with Gasteiger partial charge in [0.15, 0.2) is 0 Å². The molecule has 21 heavy (non-hydrogen) atoms. The average molecular weight is 298 g/mol. The van der Waals surface area contributed by atoms with Gasteiger partial charge in [-0.2, -0.15) is 0 Å². The van der Waals surface area contributed by atoms with E-state index in [2.05, 4.69) is 0 Å². The maximum absolute atomic E-state index is 12.6. The molecule has 0 bridgehead atoms. The van der Waals surface area contributed by atoms with Gasteiger partial charge in [0.25, 0.3) is 5.91 Å². The van der Waals surface area contributed by atoms with Crippen molar-refractivity contribution in [3.05, 3.63) is 0 Å². The summed E-state index contributed by atoms with van der Waals surface area (Å²) < 4.78 is 4.92. The molecule has 0 N–H and O–H groups in total. The number of ether oxygens (including phenoxy) is 1. The van der Waals surface area contributed by atoms with E-state index in [0.717, 1.165) is 0 Å². The van der Waals surface area contributed by atoms with Gasteiger partial charge >= 0.3 is 12.0 Å². The first-order valence-corrected chi connectivity index (χ1v) is 7.24. The van der Waals surface area contributed by atoms with Gasteiger partial charge in [-0.3, -0.25) is 14.5 Å². The summed E-state index contributed by atoms with van der Waals surface area (Å²) in [4.78, 5) is 39.7. The molecule has 0 saturated carbocycles. The third-order valence-electron chi connectivity index (χ3n) is 3.27. The molecule has 1 aliphatic heterocycles. The molecule has 6 heteroatoms. The molecule has 0 aromatic rings. The second-order valence-corrected chi connectivity index (χ2v) is 7.19. The second-order valence-electron chi connectivity index (χ2n) is 7.19. The number of amides is 3. The fourth-order valence-corrected chi connectivity index (χ4v) is 2.52. The molecule has 0 unspecified atom stereocenters. The number of esters is 1. The average Bonchev–Trinajstić information content (AvgIpc) is 2.48. The van der Waals surface area contributed by atoms with Crippen LogP contribution in [0.1, 0.15) is 54.9 Å². The summed E-state index contributed by atoms with van der Waals surface area (Å²) in [5.74, 6) is -0.802. The summed E-state index contributed by atoms with van der Waals surface area (Å²) >= 11 is 0. The topological polar surface area (TPSA) is 66.9 Å². The molecule has 1 heterocycles. The molecule has 1 aliphatic rings. The number of urea groups is 1. The van der Waals surface area contributed by atoms with E-state index in [4.69, 9.17) is 4.74 Å². The monoisotopic (exact) mass is 298 g/mol. The molecule has 1 saturated heterocycles. The SMILES string of the molecule is CCOC(=O)C[C@@H]1C(=O)N(C(C)(C)C)C(=O)N1C(C)(C)C. The fraction of sp³-hybridized carbons (Fsp3) is 0.800. The number of hydrogen-bond acceptors (Lipinski definition) is 4. The van der Waals surface area contributed by atoms with E-state index < -0.39 is 23.1 Å². The number of carbonyl (C=O) groups is 3. The van der Waals surface area contributed by atoms with Crippen molar-refractivity contribution < 1.29 is 19.1 Å². The number of imide groups is 1. The smallest absolute Gasteiger partial charge is 0.328 e. The van der Waals surface area contributed by atoms with Gasteiger partial charge in [0.2, 0.25) is 0 Å². The molecule has 0 aromatic carbocycles. The highest BCUT2D eigenvalue weighted by Gasteiger charge is 2.53. The van der Waals surface area contributed by atoms with Crippen molar-refractivity contribution >= 4 is 17.9 Å². The first kappa shape index (κ1) is 17.5. The molecule has 1 fully saturated rings. The van der Waals surface area contributed by atoms with E-state index in [1.54, 1.807) is 27.7 Å². The van der Waals surface area contributed by atoms with Crippen molar-refractivity contribution in [3.63, 3.8) is 0 Å². The molecule has 3 amide bonds. The van der Waals surface area contributed by atoms with E-state index in [0.29, 0.717) is 0 Å². The lowest BCUT2D eigenvalue weighted by molar-refractivity contribution is -0.147. The lowest BCUT2D eigenvalue weighted by atomic mass is 10.0. The van der Waals surface area contributed by atoms with Crippen LogP contribution in [0.2, 0.25) is 0 Å². The Morgan fingerprint density at radius 2 is 1.62 bits per heavy atom. The summed E-state index contributed by atoms with van der Waals surface area (Å²) in [5.41, 5.74) is -1.18. The lowest BCUT2D eigenvalue weighted by Gasteiger charge is -2.35. The highest BCUT2D eigenvalue weighted by atomic mass is 16.5. The molecule has 1 atom stereocenters. The minimum Gasteiger partial charge on any atom is -0.466 e. The summed E-state index contributed by atoms with van der Waals surface area (Å²) in [6.45, 7) is 12.9. The standard InChI is InChI=1S/C15H26N2O4/c1-8-21-11(18)9-10-12(19)17(15(5,6)7)13(20)16(10)14(2,3)4/h10H,8-9H2,1-7H3/t10-/m1/s1. The molecule has 0 aromatic heterocycles. The van der Waals surface area contributed by atoms with E-state index in [-0.39, 0.29) is 25.0 Å². The number of carbonyl (C=O) groups excluding carboxylic acids is 3. The van der Waals surface area contributed by atoms with Crippen molar-refractivity contribution in [2.45, 2.75) is 72.0 Å². The van der Waals surface area contributed by atoms with E-state index in [1.807, 2.05) is 20.8 Å². The minimum atomic E-state index is -0.796. The second kappa shape index (κ2) is 5.66. The van der Waals surface area contributed by atoms with Crippen molar-refractivity contribution in [1.29, 1.82) is 0 Å². The lowest BCUT2D eigenvalue weighted by Crippen LogP contribution is -2.50. The summed E-state index contributed by atoms with van der Waals surface area (Å²) in [7, 11) is 0. The number of hydrogen-bond donors (Lipinski definition) is 0. The molecule has 0 spiro atoms. The third-order valence-corrected chi connectivity index (χ3v) is 3.27. The van der Waals surface area contributed by atoms with Gasteiger partial charge in [0.1, 0.15) is 6.04 Å². The van der Waals surface area contributed by atoms with Crippen LogP contribution in [0.4, 0.5) is 4.79 Å². The summed E-state index contributed by atoms with van der Waals surface area (Å²) in [6, 6.07) is -1.15. The van der Waals surface area contributed by atoms with Gasteiger partial charge in [-0.15, -0.1) is 0 Å². The Morgan fingerprint density at radius 3 is 2.00 bits per heavy atom. The van der Waals surface area contributed by atoms with Crippen molar-refractivity contribution in [1.82, 2.24) is 9.80 Å². The van der Waals surface area contributed by atoms with Crippen LogP contribution >= 0.6 is 0 Å². The fourth-order valence-electron chi connectivity index (χ4n) is 2.52. The van der Waals surface area contributed by atoms with Gasteiger partial charge in [-0.25, -0.2) is 4.79 Å². The predicted octanol–water partition coefficient (Wildman–Crippen LogP) is 2.17. The van der Waals surface area contributed by atoms with Crippen LogP contribution in [0.15, 0.2) is 0 Å². The Hall–Kier alpha value is -1.59. The summed E-state index contributed by atoms with van der Waals surface area (Å²) in [6.07, 6.45) is -0.109.